The topological polar surface area (TPSA) is 112 Å². The molecule has 0 saturated heterocycles. The standard InChI is InChI=1S/C26H22ClF5N6O2/c1-10-9-13(33)19(28)14(17(10)26(30,31)32)15-18(27)22-16-21(20(15)29)36-25(39-3)37-24(16)38(7-8-40-22)11(2)12-5-4-6-35-23(12)34/h4-6,9,11H,7-8,33H2,1-3H3,(H2,34,35). The maximum atomic E-state index is 16.4. The molecule has 1 aliphatic rings. The van der Waals surface area contributed by atoms with E-state index in [9.17, 15) is 13.2 Å². The number of aryl methyl sites for hydroxylation is 1. The van der Waals surface area contributed by atoms with Gasteiger partial charge in [-0.3, -0.25) is 0 Å². The van der Waals surface area contributed by atoms with E-state index in [0.29, 0.717) is 5.56 Å². The van der Waals surface area contributed by atoms with Crippen LogP contribution in [0.3, 0.4) is 0 Å². The summed E-state index contributed by atoms with van der Waals surface area (Å²) in [4.78, 5) is 14.3. The number of benzene rings is 2. The lowest BCUT2D eigenvalue weighted by atomic mass is 9.92. The van der Waals surface area contributed by atoms with Crippen LogP contribution in [0.15, 0.2) is 24.4 Å². The average Bonchev–Trinajstić information content (AvgIpc) is 3.09. The number of methoxy groups -OCH3 is 1. The van der Waals surface area contributed by atoms with Crippen LogP contribution in [-0.4, -0.2) is 35.2 Å². The highest BCUT2D eigenvalue weighted by atomic mass is 35.5. The number of nitrogens with zero attached hydrogens (tertiary/aromatic N) is 4. The van der Waals surface area contributed by atoms with Gasteiger partial charge in [-0.2, -0.15) is 23.1 Å². The highest BCUT2D eigenvalue weighted by molar-refractivity contribution is 6.36. The first-order valence-electron chi connectivity index (χ1n) is 11.9. The fourth-order valence-corrected chi connectivity index (χ4v) is 5.32. The Balaban J connectivity index is 1.88. The molecule has 0 spiro atoms. The number of ether oxygens (including phenoxy) is 2. The van der Waals surface area contributed by atoms with E-state index < -0.39 is 62.3 Å². The Morgan fingerprint density at radius 2 is 1.88 bits per heavy atom. The molecule has 0 aliphatic carbocycles. The van der Waals surface area contributed by atoms with Crippen LogP contribution >= 0.6 is 11.6 Å². The normalized spacial score (nSPS) is 14.2. The minimum absolute atomic E-state index is 0.0338. The third-order valence-corrected chi connectivity index (χ3v) is 7.15. The van der Waals surface area contributed by atoms with Gasteiger partial charge >= 0.3 is 12.2 Å². The van der Waals surface area contributed by atoms with Gasteiger partial charge in [-0.1, -0.05) is 17.7 Å². The number of pyridine rings is 1. The molecule has 3 heterocycles. The molecule has 210 valence electrons. The SMILES string of the molecule is COc1nc2c3c(c(Cl)c(-c4c(F)c(N)cc(C)c4C(F)(F)F)c(F)c3n1)OCCN2C(C)c1cccnc1N. The quantitative estimate of drug-likeness (QED) is 0.220. The fraction of sp³-hybridized carbons (Fsp3) is 0.269. The molecule has 0 bridgehead atoms. The Bertz CT molecular complexity index is 1670. The summed E-state index contributed by atoms with van der Waals surface area (Å²) in [6, 6.07) is 3.52. The van der Waals surface area contributed by atoms with E-state index >= 15 is 8.78 Å². The van der Waals surface area contributed by atoms with Crippen molar-refractivity contribution in [3.63, 3.8) is 0 Å². The lowest BCUT2D eigenvalue weighted by Gasteiger charge is -2.30. The molecule has 5 rings (SSSR count). The summed E-state index contributed by atoms with van der Waals surface area (Å²) in [6.07, 6.45) is -3.54. The van der Waals surface area contributed by atoms with Crippen LogP contribution < -0.4 is 25.8 Å². The molecule has 40 heavy (non-hydrogen) atoms. The van der Waals surface area contributed by atoms with Crippen molar-refractivity contribution in [2.24, 2.45) is 0 Å². The van der Waals surface area contributed by atoms with Crippen LogP contribution in [0, 0.1) is 18.6 Å². The zero-order chi connectivity index (χ0) is 29.1. The van der Waals surface area contributed by atoms with Gasteiger partial charge < -0.3 is 25.8 Å². The molecule has 2 aromatic carbocycles. The molecule has 4 N–H and O–H groups in total. The van der Waals surface area contributed by atoms with Crippen LogP contribution in [0.5, 0.6) is 11.8 Å². The van der Waals surface area contributed by atoms with Crippen molar-refractivity contribution < 1.29 is 31.4 Å². The van der Waals surface area contributed by atoms with Gasteiger partial charge in [-0.25, -0.2) is 13.8 Å². The minimum Gasteiger partial charge on any atom is -0.489 e. The van der Waals surface area contributed by atoms with Crippen LogP contribution in [0.2, 0.25) is 5.02 Å². The second-order valence-corrected chi connectivity index (χ2v) is 9.51. The zero-order valence-corrected chi connectivity index (χ0v) is 22.1. The lowest BCUT2D eigenvalue weighted by Crippen LogP contribution is -2.31. The number of halogens is 6. The number of anilines is 3. The van der Waals surface area contributed by atoms with Crippen molar-refractivity contribution >= 4 is 39.8 Å². The van der Waals surface area contributed by atoms with Crippen molar-refractivity contribution in [2.45, 2.75) is 26.1 Å². The van der Waals surface area contributed by atoms with E-state index in [-0.39, 0.29) is 41.9 Å². The molecular weight excluding hydrogens is 559 g/mol. The first-order chi connectivity index (χ1) is 18.9. The number of nitrogens with two attached hydrogens (primary N) is 2. The van der Waals surface area contributed by atoms with E-state index in [1.807, 2.05) is 6.92 Å². The third kappa shape index (κ3) is 4.24. The van der Waals surface area contributed by atoms with Crippen LogP contribution in [0.1, 0.15) is 29.7 Å². The smallest absolute Gasteiger partial charge is 0.417 e. The van der Waals surface area contributed by atoms with E-state index in [1.54, 1.807) is 17.0 Å². The number of rotatable bonds is 4. The van der Waals surface area contributed by atoms with Gasteiger partial charge in [-0.05, 0) is 31.5 Å². The van der Waals surface area contributed by atoms with E-state index in [0.717, 1.165) is 13.0 Å². The Morgan fingerprint density at radius 1 is 1.15 bits per heavy atom. The van der Waals surface area contributed by atoms with E-state index in [4.69, 9.17) is 32.5 Å². The second kappa shape index (κ2) is 9.81. The molecule has 14 heteroatoms. The van der Waals surface area contributed by atoms with Crippen molar-refractivity contribution in [1.29, 1.82) is 0 Å². The average molecular weight is 581 g/mol. The van der Waals surface area contributed by atoms with Gasteiger partial charge in [0.05, 0.1) is 41.4 Å². The highest BCUT2D eigenvalue weighted by Gasteiger charge is 2.41. The van der Waals surface area contributed by atoms with Crippen LogP contribution in [-0.2, 0) is 6.18 Å². The van der Waals surface area contributed by atoms with E-state index in [1.165, 1.54) is 13.3 Å². The molecule has 2 aromatic heterocycles. The molecule has 8 nitrogen and oxygen atoms in total. The van der Waals surface area contributed by atoms with Crippen molar-refractivity contribution in [1.82, 2.24) is 15.0 Å². The summed E-state index contributed by atoms with van der Waals surface area (Å²) in [7, 11) is 1.24. The summed E-state index contributed by atoms with van der Waals surface area (Å²) in [5, 5.41) is -0.627. The number of alkyl halides is 3. The molecule has 1 unspecified atom stereocenters. The molecular formula is C26H22ClF5N6O2. The zero-order valence-electron chi connectivity index (χ0n) is 21.3. The van der Waals surface area contributed by atoms with Crippen molar-refractivity contribution in [3.8, 4) is 22.9 Å². The van der Waals surface area contributed by atoms with Crippen LogP contribution in [0.25, 0.3) is 22.0 Å². The monoisotopic (exact) mass is 580 g/mol. The van der Waals surface area contributed by atoms with Gasteiger partial charge in [0.15, 0.2) is 17.4 Å². The fourth-order valence-electron chi connectivity index (χ4n) is 4.99. The van der Waals surface area contributed by atoms with Gasteiger partial charge in [-0.15, -0.1) is 0 Å². The largest absolute Gasteiger partial charge is 0.489 e. The maximum absolute atomic E-state index is 16.4. The molecule has 1 atom stereocenters. The van der Waals surface area contributed by atoms with Gasteiger partial charge in [0.1, 0.15) is 23.8 Å². The Morgan fingerprint density at radius 3 is 2.52 bits per heavy atom. The second-order valence-electron chi connectivity index (χ2n) is 9.13. The first kappa shape index (κ1) is 27.4. The van der Waals surface area contributed by atoms with E-state index in [2.05, 4.69) is 15.0 Å². The minimum atomic E-state index is -5.07. The highest BCUT2D eigenvalue weighted by Crippen LogP contribution is 2.52. The molecule has 0 amide bonds. The van der Waals surface area contributed by atoms with Gasteiger partial charge in [0.2, 0.25) is 0 Å². The first-order valence-corrected chi connectivity index (χ1v) is 12.3. The van der Waals surface area contributed by atoms with Crippen molar-refractivity contribution in [3.05, 3.63) is 57.7 Å². The Kier molecular flexibility index (Phi) is 6.73. The van der Waals surface area contributed by atoms with Gasteiger partial charge in [0, 0.05) is 22.9 Å². The summed E-state index contributed by atoms with van der Waals surface area (Å²) in [5.74, 6) is -2.66. The lowest BCUT2D eigenvalue weighted by molar-refractivity contribution is -0.137. The summed E-state index contributed by atoms with van der Waals surface area (Å²) in [6.45, 7) is 3.03. The number of nitrogen functional groups attached to an aromatic ring is 2. The number of aromatic nitrogens is 3. The predicted molar refractivity (Wildman–Crippen MR) is 141 cm³/mol. The molecule has 1 aliphatic heterocycles. The Labute approximate surface area is 229 Å². The number of hydrogen-bond donors (Lipinski definition) is 2. The molecule has 0 radical (unpaired) electrons. The molecule has 0 fully saturated rings. The summed E-state index contributed by atoms with van der Waals surface area (Å²) >= 11 is 6.57. The summed E-state index contributed by atoms with van der Waals surface area (Å²) < 4.78 is 85.4. The third-order valence-electron chi connectivity index (χ3n) is 6.79. The predicted octanol–water partition coefficient (Wildman–Crippen LogP) is 6.08. The maximum Gasteiger partial charge on any atom is 0.417 e. The molecule has 4 aromatic rings. The van der Waals surface area contributed by atoms with Gasteiger partial charge in [0.25, 0.3) is 0 Å². The van der Waals surface area contributed by atoms with Crippen LogP contribution in [0.4, 0.5) is 39.3 Å². The summed E-state index contributed by atoms with van der Waals surface area (Å²) in [5.41, 5.74) is 7.41. The van der Waals surface area contributed by atoms with Crippen molar-refractivity contribution in [2.75, 3.05) is 36.6 Å². The Hall–Kier alpha value is -4.13. The number of hydrogen-bond acceptors (Lipinski definition) is 8. The molecule has 0 saturated carbocycles.